The zero-order chi connectivity index (χ0) is 13.6. The molecule has 0 heterocycles. The fraction of sp³-hybridized carbons (Fsp3) is 1.00. The van der Waals surface area contributed by atoms with E-state index in [0.29, 0.717) is 0 Å². The Morgan fingerprint density at radius 1 is 0.889 bits per heavy atom. The van der Waals surface area contributed by atoms with E-state index in [9.17, 15) is 0 Å². The highest BCUT2D eigenvalue weighted by Gasteiger charge is 2.06. The first kappa shape index (κ1) is 18.4. The number of nitrogens with zero attached hydrogens (tertiary/aromatic N) is 1. The van der Waals surface area contributed by atoms with Crippen LogP contribution in [0.4, 0.5) is 0 Å². The van der Waals surface area contributed by atoms with Gasteiger partial charge in [0.2, 0.25) is 0 Å². The summed E-state index contributed by atoms with van der Waals surface area (Å²) in [6, 6.07) is 0. The molecule has 0 spiro atoms. The zero-order valence-electron chi connectivity index (χ0n) is 12.9. The molecular formula is C16H34BrN. The number of unbranched alkanes of at least 4 members (excludes halogenated alkanes) is 6. The summed E-state index contributed by atoms with van der Waals surface area (Å²) < 4.78 is 0. The van der Waals surface area contributed by atoms with E-state index in [1.54, 1.807) is 0 Å². The minimum Gasteiger partial charge on any atom is -0.303 e. The Labute approximate surface area is 124 Å². The van der Waals surface area contributed by atoms with Crippen LogP contribution in [0.5, 0.6) is 0 Å². The summed E-state index contributed by atoms with van der Waals surface area (Å²) in [5.74, 6) is 0.856. The Hall–Kier alpha value is 0.440. The molecule has 0 aliphatic heterocycles. The van der Waals surface area contributed by atoms with Crippen LogP contribution >= 0.6 is 15.9 Å². The third kappa shape index (κ3) is 11.5. The van der Waals surface area contributed by atoms with Crippen molar-refractivity contribution in [2.24, 2.45) is 5.92 Å². The molecule has 0 aliphatic carbocycles. The molecule has 0 saturated heterocycles. The lowest BCUT2D eigenvalue weighted by Gasteiger charge is -2.23. The van der Waals surface area contributed by atoms with Gasteiger partial charge in [0.25, 0.3) is 0 Å². The first-order valence-corrected chi connectivity index (χ1v) is 9.15. The van der Waals surface area contributed by atoms with E-state index in [-0.39, 0.29) is 0 Å². The predicted octanol–water partition coefficient (Wildman–Crippen LogP) is 5.48. The topological polar surface area (TPSA) is 3.24 Å². The van der Waals surface area contributed by atoms with Gasteiger partial charge < -0.3 is 4.90 Å². The van der Waals surface area contributed by atoms with Crippen molar-refractivity contribution in [2.45, 2.75) is 72.1 Å². The summed E-state index contributed by atoms with van der Waals surface area (Å²) in [6.07, 6.45) is 11.2. The van der Waals surface area contributed by atoms with Gasteiger partial charge in [-0.2, -0.15) is 0 Å². The lowest BCUT2D eigenvalue weighted by molar-refractivity contribution is 0.240. The largest absolute Gasteiger partial charge is 0.303 e. The third-order valence-corrected chi connectivity index (χ3v) is 4.38. The molecule has 0 aliphatic rings. The molecule has 110 valence electrons. The first-order valence-electron chi connectivity index (χ1n) is 8.02. The molecule has 0 rings (SSSR count). The minimum absolute atomic E-state index is 0.856. The molecular weight excluding hydrogens is 286 g/mol. The van der Waals surface area contributed by atoms with Crippen molar-refractivity contribution >= 4 is 15.9 Å². The first-order chi connectivity index (χ1) is 8.74. The number of halogens is 1. The van der Waals surface area contributed by atoms with Crippen LogP contribution in [0, 0.1) is 5.92 Å². The van der Waals surface area contributed by atoms with Crippen molar-refractivity contribution in [3.05, 3.63) is 0 Å². The lowest BCUT2D eigenvalue weighted by Crippen LogP contribution is -2.29. The molecule has 0 aromatic heterocycles. The Kier molecular flexibility index (Phi) is 14.2. The molecule has 0 radical (unpaired) electrons. The highest BCUT2D eigenvalue weighted by atomic mass is 79.9. The van der Waals surface area contributed by atoms with E-state index in [4.69, 9.17) is 0 Å². The van der Waals surface area contributed by atoms with Crippen LogP contribution in [0.25, 0.3) is 0 Å². The molecule has 2 heteroatoms. The van der Waals surface area contributed by atoms with E-state index in [1.807, 2.05) is 0 Å². The molecule has 0 bridgehead atoms. The lowest BCUT2D eigenvalue weighted by atomic mass is 10.1. The summed E-state index contributed by atoms with van der Waals surface area (Å²) in [4.78, 5) is 2.62. The molecule has 18 heavy (non-hydrogen) atoms. The van der Waals surface area contributed by atoms with Crippen molar-refractivity contribution in [1.29, 1.82) is 0 Å². The molecule has 0 aromatic carbocycles. The number of hydrogen-bond donors (Lipinski definition) is 0. The van der Waals surface area contributed by atoms with Crippen molar-refractivity contribution in [1.82, 2.24) is 4.90 Å². The summed E-state index contributed by atoms with van der Waals surface area (Å²) in [5, 5.41) is 1.17. The average Bonchev–Trinajstić information content (AvgIpc) is 2.40. The zero-order valence-corrected chi connectivity index (χ0v) is 14.5. The van der Waals surface area contributed by atoms with Gasteiger partial charge in [-0.15, -0.1) is 0 Å². The molecule has 0 N–H and O–H groups in total. The van der Waals surface area contributed by atoms with Crippen LogP contribution in [0.1, 0.15) is 72.1 Å². The maximum atomic E-state index is 3.49. The monoisotopic (exact) mass is 319 g/mol. The quantitative estimate of drug-likeness (QED) is 0.321. The van der Waals surface area contributed by atoms with Crippen molar-refractivity contribution in [2.75, 3.05) is 25.0 Å². The Morgan fingerprint density at radius 3 is 1.94 bits per heavy atom. The van der Waals surface area contributed by atoms with Gasteiger partial charge >= 0.3 is 0 Å². The van der Waals surface area contributed by atoms with E-state index in [0.717, 1.165) is 5.92 Å². The maximum Gasteiger partial charge on any atom is 0.00313 e. The second-order valence-corrected chi connectivity index (χ2v) is 6.36. The second-order valence-electron chi connectivity index (χ2n) is 5.57. The van der Waals surface area contributed by atoms with Crippen LogP contribution in [0.15, 0.2) is 0 Å². The molecule has 1 atom stereocenters. The molecule has 0 fully saturated rings. The van der Waals surface area contributed by atoms with Crippen LogP contribution in [-0.4, -0.2) is 29.9 Å². The molecule has 0 aromatic rings. The van der Waals surface area contributed by atoms with Gasteiger partial charge in [0, 0.05) is 11.9 Å². The summed E-state index contributed by atoms with van der Waals surface area (Å²) in [6.45, 7) is 10.8. The van der Waals surface area contributed by atoms with Gasteiger partial charge in [-0.05, 0) is 31.8 Å². The normalized spacial score (nSPS) is 13.2. The second kappa shape index (κ2) is 13.9. The van der Waals surface area contributed by atoms with Crippen LogP contribution in [0.3, 0.4) is 0 Å². The van der Waals surface area contributed by atoms with Crippen molar-refractivity contribution < 1.29 is 0 Å². The highest BCUT2D eigenvalue weighted by Crippen LogP contribution is 2.10. The molecule has 1 unspecified atom stereocenters. The van der Waals surface area contributed by atoms with Gasteiger partial charge in [0.05, 0.1) is 0 Å². The van der Waals surface area contributed by atoms with Gasteiger partial charge in [0.1, 0.15) is 0 Å². The minimum atomic E-state index is 0.856. The van der Waals surface area contributed by atoms with Crippen molar-refractivity contribution in [3.8, 4) is 0 Å². The van der Waals surface area contributed by atoms with Crippen LogP contribution < -0.4 is 0 Å². The smallest absolute Gasteiger partial charge is 0.00313 e. The summed E-state index contributed by atoms with van der Waals surface area (Å²) >= 11 is 3.49. The fourth-order valence-corrected chi connectivity index (χ4v) is 2.66. The van der Waals surface area contributed by atoms with Gasteiger partial charge in [-0.1, -0.05) is 75.2 Å². The average molecular weight is 320 g/mol. The number of rotatable bonds is 13. The summed E-state index contributed by atoms with van der Waals surface area (Å²) in [5.41, 5.74) is 0. The predicted molar refractivity (Wildman–Crippen MR) is 87.7 cm³/mol. The SMILES string of the molecule is CCC(C)CN(CC)CCCCCCCCCBr. The van der Waals surface area contributed by atoms with Crippen molar-refractivity contribution in [3.63, 3.8) is 0 Å². The summed E-state index contributed by atoms with van der Waals surface area (Å²) in [7, 11) is 0. The van der Waals surface area contributed by atoms with Crippen LogP contribution in [-0.2, 0) is 0 Å². The van der Waals surface area contributed by atoms with E-state index < -0.39 is 0 Å². The molecule has 0 amide bonds. The van der Waals surface area contributed by atoms with Gasteiger partial charge in [-0.3, -0.25) is 0 Å². The highest BCUT2D eigenvalue weighted by molar-refractivity contribution is 9.09. The third-order valence-electron chi connectivity index (χ3n) is 3.82. The number of alkyl halides is 1. The van der Waals surface area contributed by atoms with Gasteiger partial charge in [-0.25, -0.2) is 0 Å². The van der Waals surface area contributed by atoms with Gasteiger partial charge in [0.15, 0.2) is 0 Å². The van der Waals surface area contributed by atoms with E-state index in [2.05, 4.69) is 41.6 Å². The fourth-order valence-electron chi connectivity index (χ4n) is 2.26. The van der Waals surface area contributed by atoms with E-state index in [1.165, 1.54) is 76.3 Å². The van der Waals surface area contributed by atoms with E-state index >= 15 is 0 Å². The molecule has 1 nitrogen and oxygen atoms in total. The molecule has 0 saturated carbocycles. The Morgan fingerprint density at radius 2 is 1.44 bits per heavy atom. The Bertz CT molecular complexity index is 161. The maximum absolute atomic E-state index is 3.49. The number of hydrogen-bond acceptors (Lipinski definition) is 1. The standard InChI is InChI=1S/C16H34BrN/c1-4-16(3)15-18(5-2)14-12-10-8-6-7-9-11-13-17/h16H,4-15H2,1-3H3. The Balaban J connectivity index is 3.34. The van der Waals surface area contributed by atoms with Crippen LogP contribution in [0.2, 0.25) is 0 Å².